The highest BCUT2D eigenvalue weighted by Gasteiger charge is 2.17. The van der Waals surface area contributed by atoms with Crippen molar-refractivity contribution >= 4 is 46.6 Å². The Bertz CT molecular complexity index is 775. The summed E-state index contributed by atoms with van der Waals surface area (Å²) >= 11 is 13.0. The van der Waals surface area contributed by atoms with E-state index in [1.807, 2.05) is 6.92 Å². The van der Waals surface area contributed by atoms with Gasteiger partial charge in [0.05, 0.1) is 5.25 Å². The lowest BCUT2D eigenvalue weighted by molar-refractivity contribution is -0.115. The molecule has 0 spiro atoms. The molecule has 0 unspecified atom stereocenters. The van der Waals surface area contributed by atoms with Crippen LogP contribution in [0.1, 0.15) is 26.0 Å². The molecule has 2 aromatic rings. The SMILES string of the molecule is CCCc1cc(=O)[nH]c(S[C@H](C)C(=O)Nc2cc(Cl)cc(Cl)c2)n1. The number of rotatable bonds is 6. The minimum absolute atomic E-state index is 0.217. The van der Waals surface area contributed by atoms with Crippen molar-refractivity contribution in [3.8, 4) is 0 Å². The molecule has 5 nitrogen and oxygen atoms in total. The third kappa shape index (κ3) is 5.54. The number of hydrogen-bond acceptors (Lipinski definition) is 4. The average molecular weight is 386 g/mol. The first-order valence-electron chi connectivity index (χ1n) is 7.41. The topological polar surface area (TPSA) is 74.8 Å². The van der Waals surface area contributed by atoms with Gasteiger partial charge in [0, 0.05) is 27.5 Å². The smallest absolute Gasteiger partial charge is 0.251 e. The minimum atomic E-state index is -0.456. The molecule has 0 aliphatic heterocycles. The number of carbonyl (C=O) groups excluding carboxylic acids is 1. The molecule has 0 fully saturated rings. The van der Waals surface area contributed by atoms with E-state index in [0.29, 0.717) is 20.9 Å². The van der Waals surface area contributed by atoms with Crippen molar-refractivity contribution in [2.24, 2.45) is 0 Å². The Morgan fingerprint density at radius 2 is 1.96 bits per heavy atom. The number of anilines is 1. The van der Waals surface area contributed by atoms with Crippen LogP contribution in [-0.4, -0.2) is 21.1 Å². The van der Waals surface area contributed by atoms with E-state index in [2.05, 4.69) is 15.3 Å². The largest absolute Gasteiger partial charge is 0.325 e. The van der Waals surface area contributed by atoms with Gasteiger partial charge in [0.2, 0.25) is 5.91 Å². The Balaban J connectivity index is 2.07. The molecular formula is C16H17Cl2N3O2S. The highest BCUT2D eigenvalue weighted by atomic mass is 35.5. The summed E-state index contributed by atoms with van der Waals surface area (Å²) in [6.45, 7) is 3.75. The molecule has 1 aromatic carbocycles. The zero-order chi connectivity index (χ0) is 17.7. The Morgan fingerprint density at radius 3 is 2.58 bits per heavy atom. The zero-order valence-corrected chi connectivity index (χ0v) is 15.6. The summed E-state index contributed by atoms with van der Waals surface area (Å²) in [6, 6.07) is 6.30. The molecule has 0 radical (unpaired) electrons. The Morgan fingerprint density at radius 1 is 1.29 bits per heavy atom. The van der Waals surface area contributed by atoms with Gasteiger partial charge in [-0.3, -0.25) is 9.59 Å². The predicted molar refractivity (Wildman–Crippen MR) is 99.3 cm³/mol. The van der Waals surface area contributed by atoms with Crippen LogP contribution in [-0.2, 0) is 11.2 Å². The molecule has 0 aliphatic rings. The van der Waals surface area contributed by atoms with Crippen molar-refractivity contribution in [2.75, 3.05) is 5.32 Å². The van der Waals surface area contributed by atoms with E-state index in [9.17, 15) is 9.59 Å². The number of H-pyrrole nitrogens is 1. The normalized spacial score (nSPS) is 12.0. The molecule has 2 rings (SSSR count). The fourth-order valence-electron chi connectivity index (χ4n) is 2.01. The monoisotopic (exact) mass is 385 g/mol. The predicted octanol–water partition coefficient (Wildman–Crippen LogP) is 4.15. The third-order valence-electron chi connectivity index (χ3n) is 3.07. The van der Waals surface area contributed by atoms with Gasteiger partial charge in [-0.05, 0) is 31.5 Å². The van der Waals surface area contributed by atoms with Crippen LogP contribution in [0.2, 0.25) is 10.0 Å². The first-order valence-corrected chi connectivity index (χ1v) is 9.04. The molecule has 0 aliphatic carbocycles. The van der Waals surface area contributed by atoms with Crippen LogP contribution in [0.25, 0.3) is 0 Å². The van der Waals surface area contributed by atoms with Gasteiger partial charge in [0.25, 0.3) is 5.56 Å². The van der Waals surface area contributed by atoms with Gasteiger partial charge in [0.1, 0.15) is 0 Å². The van der Waals surface area contributed by atoms with E-state index in [4.69, 9.17) is 23.2 Å². The van der Waals surface area contributed by atoms with Crippen molar-refractivity contribution in [1.82, 2.24) is 9.97 Å². The summed E-state index contributed by atoms with van der Waals surface area (Å²) in [5, 5.41) is 3.60. The summed E-state index contributed by atoms with van der Waals surface area (Å²) in [7, 11) is 0. The fraction of sp³-hybridized carbons (Fsp3) is 0.312. The van der Waals surface area contributed by atoms with Crippen LogP contribution < -0.4 is 10.9 Å². The summed E-state index contributed by atoms with van der Waals surface area (Å²) in [5.41, 5.74) is 1.02. The van der Waals surface area contributed by atoms with Crippen molar-refractivity contribution in [3.63, 3.8) is 0 Å². The molecule has 0 saturated carbocycles. The molecule has 8 heteroatoms. The first-order chi connectivity index (χ1) is 11.4. The van der Waals surface area contributed by atoms with Crippen molar-refractivity contribution < 1.29 is 4.79 Å². The molecular weight excluding hydrogens is 369 g/mol. The molecule has 128 valence electrons. The number of aromatic amines is 1. The quantitative estimate of drug-likeness (QED) is 0.578. The maximum atomic E-state index is 12.3. The molecule has 0 saturated heterocycles. The number of halogens is 2. The van der Waals surface area contributed by atoms with Gasteiger partial charge in [-0.15, -0.1) is 0 Å². The lowest BCUT2D eigenvalue weighted by Crippen LogP contribution is -2.23. The number of carbonyl (C=O) groups is 1. The molecule has 1 heterocycles. The van der Waals surface area contributed by atoms with E-state index < -0.39 is 5.25 Å². The van der Waals surface area contributed by atoms with Gasteiger partial charge in [0.15, 0.2) is 5.16 Å². The highest BCUT2D eigenvalue weighted by Crippen LogP contribution is 2.24. The molecule has 2 N–H and O–H groups in total. The summed E-state index contributed by atoms with van der Waals surface area (Å²) in [6.07, 6.45) is 1.62. The number of benzene rings is 1. The molecule has 1 amide bonds. The third-order valence-corrected chi connectivity index (χ3v) is 4.49. The van der Waals surface area contributed by atoms with Gasteiger partial charge in [-0.1, -0.05) is 48.3 Å². The number of nitrogens with zero attached hydrogens (tertiary/aromatic N) is 1. The summed E-state index contributed by atoms with van der Waals surface area (Å²) in [5.74, 6) is -0.234. The Kier molecular flexibility index (Phi) is 6.71. The maximum Gasteiger partial charge on any atom is 0.251 e. The van der Waals surface area contributed by atoms with Crippen LogP contribution in [0.5, 0.6) is 0 Å². The number of thioether (sulfide) groups is 1. The van der Waals surface area contributed by atoms with E-state index in [-0.39, 0.29) is 11.5 Å². The lowest BCUT2D eigenvalue weighted by Gasteiger charge is -2.12. The van der Waals surface area contributed by atoms with Gasteiger partial charge >= 0.3 is 0 Å². The standard InChI is InChI=1S/C16H17Cl2N3O2S/c1-3-4-12-8-14(22)21-16(20-12)24-9(2)15(23)19-13-6-10(17)5-11(18)7-13/h5-9H,3-4H2,1-2H3,(H,19,23)(H,20,21,22)/t9-/m1/s1. The van der Waals surface area contributed by atoms with Crippen LogP contribution in [0.4, 0.5) is 5.69 Å². The molecule has 0 bridgehead atoms. The lowest BCUT2D eigenvalue weighted by atomic mass is 10.2. The average Bonchev–Trinajstić information content (AvgIpc) is 2.45. The summed E-state index contributed by atoms with van der Waals surface area (Å²) < 4.78 is 0. The van der Waals surface area contributed by atoms with Gasteiger partial charge in [-0.2, -0.15) is 0 Å². The minimum Gasteiger partial charge on any atom is -0.325 e. The second kappa shape index (κ2) is 8.55. The van der Waals surface area contributed by atoms with Crippen molar-refractivity contribution in [2.45, 2.75) is 37.1 Å². The van der Waals surface area contributed by atoms with Crippen LogP contribution in [0, 0.1) is 0 Å². The van der Waals surface area contributed by atoms with Gasteiger partial charge < -0.3 is 10.3 Å². The second-order valence-electron chi connectivity index (χ2n) is 5.20. The number of hydrogen-bond donors (Lipinski definition) is 2. The Hall–Kier alpha value is -1.50. The zero-order valence-electron chi connectivity index (χ0n) is 13.2. The highest BCUT2D eigenvalue weighted by molar-refractivity contribution is 8.00. The fourth-order valence-corrected chi connectivity index (χ4v) is 3.37. The number of nitrogens with one attached hydrogen (secondary N) is 2. The van der Waals surface area contributed by atoms with Gasteiger partial charge in [-0.25, -0.2) is 4.98 Å². The maximum absolute atomic E-state index is 12.3. The second-order valence-corrected chi connectivity index (χ2v) is 7.40. The van der Waals surface area contributed by atoms with Crippen molar-refractivity contribution in [3.05, 3.63) is 50.4 Å². The number of aromatic nitrogens is 2. The number of amides is 1. The van der Waals surface area contributed by atoms with E-state index in [1.165, 1.54) is 17.8 Å². The number of aryl methyl sites for hydroxylation is 1. The molecule has 1 aromatic heterocycles. The van der Waals surface area contributed by atoms with E-state index >= 15 is 0 Å². The van der Waals surface area contributed by atoms with E-state index in [1.54, 1.807) is 25.1 Å². The Labute approximate surface area is 154 Å². The van der Waals surface area contributed by atoms with Crippen molar-refractivity contribution in [1.29, 1.82) is 0 Å². The molecule has 24 heavy (non-hydrogen) atoms. The van der Waals surface area contributed by atoms with Crippen LogP contribution in [0.15, 0.2) is 34.2 Å². The van der Waals surface area contributed by atoms with E-state index in [0.717, 1.165) is 18.5 Å². The first kappa shape index (κ1) is 18.8. The summed E-state index contributed by atoms with van der Waals surface area (Å²) in [4.78, 5) is 31.0. The van der Waals surface area contributed by atoms with Crippen LogP contribution >= 0.6 is 35.0 Å². The molecule has 1 atom stereocenters. The van der Waals surface area contributed by atoms with Crippen LogP contribution in [0.3, 0.4) is 0 Å².